The summed E-state index contributed by atoms with van der Waals surface area (Å²) in [5, 5.41) is 12.9. The minimum Gasteiger partial charge on any atom is -0.550 e. The van der Waals surface area contributed by atoms with Gasteiger partial charge in [-0.25, -0.2) is 0 Å². The maximum atomic E-state index is 9.94. The minimum atomic E-state index is -1.32. The maximum Gasteiger partial charge on any atom is 0.0768 e. The molecule has 9 heavy (non-hydrogen) atoms. The van der Waals surface area contributed by atoms with Crippen LogP contribution in [0, 0.1) is 0 Å². The molecule has 0 heterocycles. The molecule has 0 aromatic heterocycles. The van der Waals surface area contributed by atoms with Gasteiger partial charge in [0.1, 0.15) is 0 Å². The summed E-state index contributed by atoms with van der Waals surface area (Å²) in [4.78, 5) is 12.3. The molecule has 0 N–H and O–H groups in total. The summed E-state index contributed by atoms with van der Waals surface area (Å²) in [7, 11) is 0. The van der Waals surface area contributed by atoms with Crippen molar-refractivity contribution >= 4 is 5.97 Å². The Morgan fingerprint density at radius 1 is 2.00 bits per heavy atom. The zero-order valence-electron chi connectivity index (χ0n) is 4.94. The molecule has 0 saturated heterocycles. The number of hydrogen-bond donors (Lipinski definition) is 0. The molecule has 5 heteroatoms. The third-order valence-electron chi connectivity index (χ3n) is 0.850. The molecule has 0 rings (SSSR count). The van der Waals surface area contributed by atoms with E-state index in [0.717, 1.165) is 0 Å². The Kier molecular flexibility index (Phi) is 3.23. The summed E-state index contributed by atoms with van der Waals surface area (Å²) in [5.74, 6) is -1.32. The van der Waals surface area contributed by atoms with Gasteiger partial charge >= 0.3 is 0 Å². The zero-order chi connectivity index (χ0) is 7.28. The molecular formula is C4H6N3O2-. The highest BCUT2D eigenvalue weighted by Crippen LogP contribution is 1.94. The van der Waals surface area contributed by atoms with Crippen LogP contribution in [0.2, 0.25) is 0 Å². The topological polar surface area (TPSA) is 88.9 Å². The summed E-state index contributed by atoms with van der Waals surface area (Å²) >= 11 is 0. The van der Waals surface area contributed by atoms with E-state index in [1.54, 1.807) is 6.92 Å². The standard InChI is InChI=1S/C4H7N3O2/c1-2-3(4(8)9)6-7-5/h3H,2H2,1H3,(H,8,9)/p-1. The van der Waals surface area contributed by atoms with Gasteiger partial charge in [0.15, 0.2) is 0 Å². The van der Waals surface area contributed by atoms with Crippen LogP contribution in [0.1, 0.15) is 13.3 Å². The van der Waals surface area contributed by atoms with Gasteiger partial charge < -0.3 is 9.90 Å². The third-order valence-corrected chi connectivity index (χ3v) is 0.850. The summed E-state index contributed by atoms with van der Waals surface area (Å²) in [6.07, 6.45) is 0.270. The van der Waals surface area contributed by atoms with Gasteiger partial charge in [-0.05, 0) is 12.0 Å². The van der Waals surface area contributed by atoms with Crippen molar-refractivity contribution in [1.29, 1.82) is 0 Å². The number of azide groups is 1. The van der Waals surface area contributed by atoms with E-state index in [-0.39, 0.29) is 6.42 Å². The number of carboxylic acids is 1. The molecule has 0 spiro atoms. The molecule has 5 nitrogen and oxygen atoms in total. The number of carboxylic acid groups (broad SMARTS) is 1. The highest BCUT2D eigenvalue weighted by molar-refractivity contribution is 5.71. The normalized spacial score (nSPS) is 11.7. The molecule has 0 aliphatic heterocycles. The van der Waals surface area contributed by atoms with Gasteiger partial charge in [0.2, 0.25) is 0 Å². The van der Waals surface area contributed by atoms with Crippen molar-refractivity contribution in [2.45, 2.75) is 19.4 Å². The van der Waals surface area contributed by atoms with Crippen molar-refractivity contribution in [3.8, 4) is 0 Å². The fraction of sp³-hybridized carbons (Fsp3) is 0.750. The van der Waals surface area contributed by atoms with Crippen LogP contribution in [0.5, 0.6) is 0 Å². The molecule has 1 atom stereocenters. The number of carbonyl (C=O) groups is 1. The fourth-order valence-electron chi connectivity index (χ4n) is 0.358. The van der Waals surface area contributed by atoms with Crippen molar-refractivity contribution in [3.05, 3.63) is 10.4 Å². The maximum absolute atomic E-state index is 9.94. The van der Waals surface area contributed by atoms with Crippen molar-refractivity contribution in [2.24, 2.45) is 5.11 Å². The summed E-state index contributed by atoms with van der Waals surface area (Å²) < 4.78 is 0. The van der Waals surface area contributed by atoms with E-state index in [1.807, 2.05) is 0 Å². The van der Waals surface area contributed by atoms with Crippen molar-refractivity contribution < 1.29 is 9.90 Å². The lowest BCUT2D eigenvalue weighted by atomic mass is 10.2. The van der Waals surface area contributed by atoms with Crippen molar-refractivity contribution in [3.63, 3.8) is 0 Å². The molecule has 0 bridgehead atoms. The molecule has 0 aliphatic rings. The van der Waals surface area contributed by atoms with Crippen LogP contribution in [0.25, 0.3) is 10.4 Å². The molecule has 50 valence electrons. The molecule has 0 aromatic rings. The van der Waals surface area contributed by atoms with E-state index >= 15 is 0 Å². The second kappa shape index (κ2) is 3.74. The highest BCUT2D eigenvalue weighted by Gasteiger charge is 2.01. The Balaban J connectivity index is 3.98. The number of hydrogen-bond acceptors (Lipinski definition) is 3. The Labute approximate surface area is 51.9 Å². The average molecular weight is 128 g/mol. The first-order valence-electron chi connectivity index (χ1n) is 2.47. The number of aliphatic carboxylic acids is 1. The van der Waals surface area contributed by atoms with Gasteiger partial charge in [-0.2, -0.15) is 0 Å². The molecule has 0 amide bonds. The third kappa shape index (κ3) is 2.56. The lowest BCUT2D eigenvalue weighted by molar-refractivity contribution is -0.307. The Bertz CT molecular complexity index is 148. The molecule has 0 fully saturated rings. The SMILES string of the molecule is CCC(N=[N+]=[N-])C(=O)[O-]. The van der Waals surface area contributed by atoms with E-state index in [0.29, 0.717) is 0 Å². The van der Waals surface area contributed by atoms with Crippen LogP contribution in [0.15, 0.2) is 5.11 Å². The lowest BCUT2D eigenvalue weighted by Crippen LogP contribution is -2.33. The van der Waals surface area contributed by atoms with Gasteiger partial charge in [0.25, 0.3) is 0 Å². The van der Waals surface area contributed by atoms with E-state index in [2.05, 4.69) is 10.0 Å². The van der Waals surface area contributed by atoms with Gasteiger partial charge in [-0.3, -0.25) is 0 Å². The molecule has 0 aliphatic carbocycles. The van der Waals surface area contributed by atoms with Crippen LogP contribution in [0.4, 0.5) is 0 Å². The summed E-state index contributed by atoms with van der Waals surface area (Å²) in [6.45, 7) is 1.61. The molecule has 0 radical (unpaired) electrons. The quantitative estimate of drug-likeness (QED) is 0.300. The predicted octanol–water partition coefficient (Wildman–Crippen LogP) is -0.175. The van der Waals surface area contributed by atoms with Gasteiger partial charge in [-0.1, -0.05) is 12.0 Å². The fourth-order valence-corrected chi connectivity index (χ4v) is 0.358. The first kappa shape index (κ1) is 7.78. The zero-order valence-corrected chi connectivity index (χ0v) is 4.94. The van der Waals surface area contributed by atoms with E-state index in [1.165, 1.54) is 0 Å². The predicted molar refractivity (Wildman–Crippen MR) is 28.2 cm³/mol. The number of nitrogens with zero attached hydrogens (tertiary/aromatic N) is 3. The van der Waals surface area contributed by atoms with Crippen LogP contribution in [0.3, 0.4) is 0 Å². The summed E-state index contributed by atoms with van der Waals surface area (Å²) in [6, 6.07) is -1.02. The summed E-state index contributed by atoms with van der Waals surface area (Å²) in [5.41, 5.74) is 7.78. The van der Waals surface area contributed by atoms with Gasteiger partial charge in [0, 0.05) is 4.91 Å². The second-order valence-electron chi connectivity index (χ2n) is 1.45. The van der Waals surface area contributed by atoms with Crippen molar-refractivity contribution in [2.75, 3.05) is 0 Å². The van der Waals surface area contributed by atoms with E-state index in [4.69, 9.17) is 5.53 Å². The second-order valence-corrected chi connectivity index (χ2v) is 1.45. The lowest BCUT2D eigenvalue weighted by Gasteiger charge is -2.06. The van der Waals surface area contributed by atoms with Gasteiger partial charge in [-0.15, -0.1) is 0 Å². The van der Waals surface area contributed by atoms with Crippen LogP contribution in [-0.2, 0) is 4.79 Å². The molecule has 0 saturated carbocycles. The molecule has 1 unspecified atom stereocenters. The number of rotatable bonds is 3. The van der Waals surface area contributed by atoms with Crippen LogP contribution in [-0.4, -0.2) is 12.0 Å². The molecular weight excluding hydrogens is 122 g/mol. The minimum absolute atomic E-state index is 0.270. The van der Waals surface area contributed by atoms with E-state index in [9.17, 15) is 9.90 Å². The smallest absolute Gasteiger partial charge is 0.0768 e. The largest absolute Gasteiger partial charge is 0.550 e. The first-order valence-corrected chi connectivity index (χ1v) is 2.47. The van der Waals surface area contributed by atoms with Gasteiger partial charge in [0.05, 0.1) is 12.0 Å². The Hall–Kier alpha value is -1.22. The van der Waals surface area contributed by atoms with Crippen LogP contribution >= 0.6 is 0 Å². The van der Waals surface area contributed by atoms with Crippen LogP contribution < -0.4 is 5.11 Å². The van der Waals surface area contributed by atoms with E-state index < -0.39 is 12.0 Å². The first-order chi connectivity index (χ1) is 4.22. The average Bonchev–Trinajstić information content (AvgIpc) is 1.82. The highest BCUT2D eigenvalue weighted by atomic mass is 16.4. The Morgan fingerprint density at radius 3 is 2.67 bits per heavy atom. The Morgan fingerprint density at radius 2 is 2.56 bits per heavy atom. The molecule has 0 aromatic carbocycles. The number of carbonyl (C=O) groups excluding carboxylic acids is 1. The van der Waals surface area contributed by atoms with Crippen molar-refractivity contribution in [1.82, 2.24) is 0 Å². The monoisotopic (exact) mass is 128 g/mol.